The van der Waals surface area contributed by atoms with E-state index in [4.69, 9.17) is 4.74 Å². The average molecular weight is 508 g/mol. The molecule has 0 radical (unpaired) electrons. The molecule has 4 heterocycles. The summed E-state index contributed by atoms with van der Waals surface area (Å²) in [6, 6.07) is 10.6. The Hall–Kier alpha value is -4.94. The number of nitrogens with zero attached hydrogens (tertiary/aromatic N) is 6. The van der Waals surface area contributed by atoms with Gasteiger partial charge in [-0.15, -0.1) is 4.91 Å². The second kappa shape index (κ2) is 8.93. The molecule has 10 nitrogen and oxygen atoms in total. The molecular weight excluding hydrogens is 493 g/mol. The molecule has 1 aromatic carbocycles. The van der Waals surface area contributed by atoms with E-state index in [9.17, 15) is 27.7 Å². The van der Waals surface area contributed by atoms with Gasteiger partial charge in [0.2, 0.25) is 5.88 Å². The van der Waals surface area contributed by atoms with Crippen LogP contribution in [0, 0.1) is 4.91 Å². The molecule has 0 N–H and O–H groups in total. The quantitative estimate of drug-likeness (QED) is 0.261. The van der Waals surface area contributed by atoms with Gasteiger partial charge in [0.05, 0.1) is 40.5 Å². The van der Waals surface area contributed by atoms with Crippen molar-refractivity contribution in [3.63, 3.8) is 0 Å². The SMILES string of the molecule is COc1ccc(-c2ccc3ncc4c(=O)n(CN=O)c(=O)n(-c5cccc(C(F)(F)F)c5)c4c3n2)cn1. The molecule has 13 heteroatoms. The number of fused-ring (bicyclic) bond motifs is 3. The van der Waals surface area contributed by atoms with E-state index in [0.717, 1.165) is 22.8 Å². The Balaban J connectivity index is 1.90. The number of pyridine rings is 3. The van der Waals surface area contributed by atoms with Crippen molar-refractivity contribution in [2.75, 3.05) is 7.11 Å². The maximum atomic E-state index is 13.5. The number of benzene rings is 1. The molecule has 0 spiro atoms. The summed E-state index contributed by atoms with van der Waals surface area (Å²) in [5, 5.41) is 2.49. The van der Waals surface area contributed by atoms with E-state index in [1.54, 1.807) is 24.3 Å². The molecule has 4 aromatic heterocycles. The van der Waals surface area contributed by atoms with Gasteiger partial charge in [0.25, 0.3) is 5.56 Å². The predicted octanol–water partition coefficient (Wildman–Crippen LogP) is 3.91. The maximum Gasteiger partial charge on any atom is 0.416 e. The molecular formula is C24H15F3N6O4. The minimum Gasteiger partial charge on any atom is -0.481 e. The van der Waals surface area contributed by atoms with E-state index in [2.05, 4.69) is 20.1 Å². The Morgan fingerprint density at radius 2 is 1.84 bits per heavy atom. The Labute approximate surface area is 204 Å². The lowest BCUT2D eigenvalue weighted by Gasteiger charge is -2.16. The summed E-state index contributed by atoms with van der Waals surface area (Å²) >= 11 is 0. The molecule has 0 saturated carbocycles. The van der Waals surface area contributed by atoms with Crippen LogP contribution in [0.5, 0.6) is 5.88 Å². The highest BCUT2D eigenvalue weighted by Crippen LogP contribution is 2.31. The van der Waals surface area contributed by atoms with Crippen molar-refractivity contribution in [2.24, 2.45) is 5.18 Å². The first-order chi connectivity index (χ1) is 17.7. The normalized spacial score (nSPS) is 11.7. The number of methoxy groups -OCH3 is 1. The molecule has 0 bridgehead atoms. The first-order valence-corrected chi connectivity index (χ1v) is 10.7. The molecule has 0 aliphatic carbocycles. The standard InChI is InChI=1S/C24H15F3N6O4/c1-37-19-8-5-13(10-29-19)17-6-7-18-20(31-17)21-16(11-28-18)22(34)32(12-30-36)23(35)33(21)15-4-2-3-14(9-15)24(25,26)27/h2-11H,12H2,1H3. The summed E-state index contributed by atoms with van der Waals surface area (Å²) in [7, 11) is 1.47. The van der Waals surface area contributed by atoms with Gasteiger partial charge >= 0.3 is 11.9 Å². The summed E-state index contributed by atoms with van der Waals surface area (Å²) in [6.07, 6.45) is -2.00. The third-order valence-corrected chi connectivity index (χ3v) is 5.68. The fourth-order valence-corrected chi connectivity index (χ4v) is 3.94. The second-order valence-electron chi connectivity index (χ2n) is 7.84. The maximum absolute atomic E-state index is 13.5. The predicted molar refractivity (Wildman–Crippen MR) is 127 cm³/mol. The lowest BCUT2D eigenvalue weighted by molar-refractivity contribution is -0.137. The molecule has 5 aromatic rings. The lowest BCUT2D eigenvalue weighted by Crippen LogP contribution is -2.39. The Bertz CT molecular complexity index is 1800. The number of aromatic nitrogens is 5. The van der Waals surface area contributed by atoms with Crippen LogP contribution in [-0.2, 0) is 12.8 Å². The summed E-state index contributed by atoms with van der Waals surface area (Å²) in [4.78, 5) is 50.4. The minimum absolute atomic E-state index is 0.0650. The molecule has 0 aliphatic rings. The van der Waals surface area contributed by atoms with Crippen molar-refractivity contribution in [3.8, 4) is 22.8 Å². The lowest BCUT2D eigenvalue weighted by atomic mass is 10.1. The van der Waals surface area contributed by atoms with Crippen molar-refractivity contribution in [1.82, 2.24) is 24.1 Å². The number of rotatable bonds is 5. The third-order valence-electron chi connectivity index (χ3n) is 5.68. The first kappa shape index (κ1) is 23.8. The molecule has 37 heavy (non-hydrogen) atoms. The van der Waals surface area contributed by atoms with Crippen molar-refractivity contribution in [1.29, 1.82) is 0 Å². The van der Waals surface area contributed by atoms with E-state index >= 15 is 0 Å². The Morgan fingerprint density at radius 3 is 2.51 bits per heavy atom. The van der Waals surface area contributed by atoms with E-state index in [1.165, 1.54) is 25.6 Å². The van der Waals surface area contributed by atoms with E-state index in [1.807, 2.05) is 0 Å². The van der Waals surface area contributed by atoms with Gasteiger partial charge < -0.3 is 4.74 Å². The van der Waals surface area contributed by atoms with Crippen LogP contribution < -0.4 is 16.0 Å². The first-order valence-electron chi connectivity index (χ1n) is 10.7. The third kappa shape index (κ3) is 4.09. The van der Waals surface area contributed by atoms with Crippen LogP contribution in [0.4, 0.5) is 13.2 Å². The van der Waals surface area contributed by atoms with Gasteiger partial charge in [-0.3, -0.25) is 14.3 Å². The molecule has 0 aliphatic heterocycles. The zero-order valence-corrected chi connectivity index (χ0v) is 18.9. The highest BCUT2D eigenvalue weighted by atomic mass is 19.4. The van der Waals surface area contributed by atoms with E-state index in [0.29, 0.717) is 21.7 Å². The summed E-state index contributed by atoms with van der Waals surface area (Å²) in [5.74, 6) is 0.374. The topological polar surface area (TPSA) is 121 Å². The van der Waals surface area contributed by atoms with Crippen LogP contribution in [-0.4, -0.2) is 31.2 Å². The second-order valence-corrected chi connectivity index (χ2v) is 7.84. The zero-order chi connectivity index (χ0) is 26.3. The number of nitroso groups, excluding NO2 is 1. The molecule has 5 rings (SSSR count). The van der Waals surface area contributed by atoms with Crippen LogP contribution >= 0.6 is 0 Å². The van der Waals surface area contributed by atoms with Gasteiger partial charge in [0, 0.05) is 24.0 Å². The van der Waals surface area contributed by atoms with Crippen LogP contribution in [0.1, 0.15) is 5.56 Å². The Kier molecular flexibility index (Phi) is 5.74. The van der Waals surface area contributed by atoms with Crippen LogP contribution in [0.3, 0.4) is 0 Å². The van der Waals surface area contributed by atoms with Crippen molar-refractivity contribution >= 4 is 21.9 Å². The fourth-order valence-electron chi connectivity index (χ4n) is 3.94. The summed E-state index contributed by atoms with van der Waals surface area (Å²) in [5.41, 5.74) is -1.84. The highest BCUT2D eigenvalue weighted by molar-refractivity contribution is 6.01. The zero-order valence-electron chi connectivity index (χ0n) is 18.9. The largest absolute Gasteiger partial charge is 0.481 e. The monoisotopic (exact) mass is 508 g/mol. The number of hydrogen-bond donors (Lipinski definition) is 0. The molecule has 0 atom stereocenters. The van der Waals surface area contributed by atoms with E-state index in [-0.39, 0.29) is 27.6 Å². The van der Waals surface area contributed by atoms with Gasteiger partial charge in [-0.1, -0.05) is 6.07 Å². The summed E-state index contributed by atoms with van der Waals surface area (Å²) in [6.45, 7) is -0.838. The highest BCUT2D eigenvalue weighted by Gasteiger charge is 2.31. The van der Waals surface area contributed by atoms with Crippen molar-refractivity contribution in [2.45, 2.75) is 12.8 Å². The molecule has 186 valence electrons. The number of hydrogen-bond acceptors (Lipinski definition) is 8. The van der Waals surface area contributed by atoms with Gasteiger partial charge in [0.15, 0.2) is 6.67 Å². The Morgan fingerprint density at radius 1 is 1.03 bits per heavy atom. The van der Waals surface area contributed by atoms with Gasteiger partial charge in [0.1, 0.15) is 5.52 Å². The van der Waals surface area contributed by atoms with E-state index < -0.39 is 29.7 Å². The average Bonchev–Trinajstić information content (AvgIpc) is 2.90. The minimum atomic E-state index is -4.69. The summed E-state index contributed by atoms with van der Waals surface area (Å²) < 4.78 is 46.9. The molecule has 0 saturated heterocycles. The molecule has 0 amide bonds. The number of halogens is 3. The van der Waals surface area contributed by atoms with Crippen LogP contribution in [0.2, 0.25) is 0 Å². The van der Waals surface area contributed by atoms with Gasteiger partial charge in [-0.05, 0) is 41.6 Å². The van der Waals surface area contributed by atoms with Crippen molar-refractivity contribution in [3.05, 3.63) is 92.2 Å². The number of alkyl halides is 3. The van der Waals surface area contributed by atoms with Gasteiger partial charge in [-0.25, -0.2) is 19.3 Å². The van der Waals surface area contributed by atoms with Crippen LogP contribution in [0.15, 0.2) is 75.7 Å². The smallest absolute Gasteiger partial charge is 0.416 e. The molecule has 0 unspecified atom stereocenters. The molecule has 0 fully saturated rings. The van der Waals surface area contributed by atoms with Crippen LogP contribution in [0.25, 0.3) is 38.9 Å². The van der Waals surface area contributed by atoms with Gasteiger partial charge in [-0.2, -0.15) is 13.2 Å². The fraction of sp³-hybridized carbons (Fsp3) is 0.125. The number of ether oxygens (including phenoxy) is 1. The van der Waals surface area contributed by atoms with Crippen molar-refractivity contribution < 1.29 is 17.9 Å².